The number of carboxylic acids is 1. The first kappa shape index (κ1) is 26.9. The van der Waals surface area contributed by atoms with Gasteiger partial charge in [-0.2, -0.15) is 0 Å². The summed E-state index contributed by atoms with van der Waals surface area (Å²) < 4.78 is 0. The molecule has 4 aliphatic carbocycles. The number of fused-ring (bicyclic) bond motifs is 5. The summed E-state index contributed by atoms with van der Waals surface area (Å²) in [7, 11) is 0. The quantitative estimate of drug-likeness (QED) is 0.388. The van der Waals surface area contributed by atoms with Crippen LogP contribution in [0.5, 0.6) is 0 Å². The SMILES string of the molecule is CC[C@@H](C)[C@H](NC(=O)CC[C@@H](C)[C@H]1CC[C@H]2[C@@H]3CC[C@@H]4C[C@H](O)CC[C@]4(C)[C@H]3CC[C@]12C)C(=O)O. The van der Waals surface area contributed by atoms with Crippen LogP contribution < -0.4 is 5.32 Å². The van der Waals surface area contributed by atoms with Crippen LogP contribution in [0.15, 0.2) is 0 Å². The monoisotopic (exact) mass is 489 g/mol. The van der Waals surface area contributed by atoms with Gasteiger partial charge in [0.25, 0.3) is 0 Å². The molecule has 0 heterocycles. The van der Waals surface area contributed by atoms with Crippen molar-refractivity contribution in [2.24, 2.45) is 52.3 Å². The molecule has 5 heteroatoms. The Hall–Kier alpha value is -1.10. The van der Waals surface area contributed by atoms with E-state index in [1.165, 1.54) is 44.9 Å². The predicted octanol–water partition coefficient (Wildman–Crippen LogP) is 6.04. The number of carbonyl (C=O) groups is 2. The molecule has 1 amide bonds. The van der Waals surface area contributed by atoms with Crippen LogP contribution in [-0.2, 0) is 9.59 Å². The van der Waals surface area contributed by atoms with Crippen molar-refractivity contribution < 1.29 is 19.8 Å². The molecule has 0 unspecified atom stereocenters. The van der Waals surface area contributed by atoms with Crippen LogP contribution in [0.1, 0.15) is 112 Å². The van der Waals surface area contributed by atoms with E-state index < -0.39 is 12.0 Å². The molecule has 0 aromatic heterocycles. The highest BCUT2D eigenvalue weighted by Gasteiger charge is 2.60. The van der Waals surface area contributed by atoms with Gasteiger partial charge in [0.1, 0.15) is 6.04 Å². The number of hydrogen-bond donors (Lipinski definition) is 3. The number of carbonyl (C=O) groups excluding carboxylic acids is 1. The van der Waals surface area contributed by atoms with Crippen LogP contribution >= 0.6 is 0 Å². The molecule has 0 aromatic carbocycles. The largest absolute Gasteiger partial charge is 0.480 e. The maximum absolute atomic E-state index is 12.6. The third kappa shape index (κ3) is 4.92. The highest BCUT2D eigenvalue weighted by atomic mass is 16.4. The number of aliphatic hydroxyl groups is 1. The maximum Gasteiger partial charge on any atom is 0.326 e. The molecule has 0 saturated heterocycles. The molecule has 200 valence electrons. The molecule has 35 heavy (non-hydrogen) atoms. The first-order valence-corrected chi connectivity index (χ1v) is 14.7. The van der Waals surface area contributed by atoms with E-state index in [4.69, 9.17) is 0 Å². The predicted molar refractivity (Wildman–Crippen MR) is 139 cm³/mol. The van der Waals surface area contributed by atoms with E-state index >= 15 is 0 Å². The molecular weight excluding hydrogens is 438 g/mol. The number of aliphatic carboxylic acids is 1. The summed E-state index contributed by atoms with van der Waals surface area (Å²) in [6, 6.07) is -0.788. The van der Waals surface area contributed by atoms with Crippen LogP contribution in [0.4, 0.5) is 0 Å². The average Bonchev–Trinajstić information content (AvgIpc) is 3.18. The van der Waals surface area contributed by atoms with Crippen molar-refractivity contribution in [3.8, 4) is 0 Å². The molecule has 0 spiro atoms. The van der Waals surface area contributed by atoms with E-state index in [1.54, 1.807) is 0 Å². The smallest absolute Gasteiger partial charge is 0.326 e. The van der Waals surface area contributed by atoms with Crippen LogP contribution in [0, 0.1) is 52.3 Å². The van der Waals surface area contributed by atoms with Crippen molar-refractivity contribution in [3.63, 3.8) is 0 Å². The normalized spacial score (nSPS) is 43.3. The van der Waals surface area contributed by atoms with E-state index in [1.807, 2.05) is 13.8 Å². The third-order valence-corrected chi connectivity index (χ3v) is 12.0. The number of aliphatic hydroxyl groups excluding tert-OH is 1. The lowest BCUT2D eigenvalue weighted by molar-refractivity contribution is -0.143. The molecule has 0 radical (unpaired) electrons. The number of nitrogens with one attached hydrogen (secondary N) is 1. The second kappa shape index (κ2) is 10.3. The minimum atomic E-state index is -0.931. The zero-order valence-corrected chi connectivity index (χ0v) is 22.9. The Balaban J connectivity index is 1.37. The Morgan fingerprint density at radius 2 is 1.66 bits per heavy atom. The van der Waals surface area contributed by atoms with Crippen molar-refractivity contribution in [1.29, 1.82) is 0 Å². The first-order chi connectivity index (χ1) is 16.5. The highest BCUT2D eigenvalue weighted by molar-refractivity contribution is 5.83. The lowest BCUT2D eigenvalue weighted by Gasteiger charge is -2.61. The molecule has 4 fully saturated rings. The van der Waals surface area contributed by atoms with Gasteiger partial charge in [-0.05, 0) is 116 Å². The zero-order chi connectivity index (χ0) is 25.5. The van der Waals surface area contributed by atoms with E-state index in [9.17, 15) is 19.8 Å². The first-order valence-electron chi connectivity index (χ1n) is 14.7. The third-order valence-electron chi connectivity index (χ3n) is 12.0. The van der Waals surface area contributed by atoms with Crippen LogP contribution in [0.25, 0.3) is 0 Å². The van der Waals surface area contributed by atoms with Gasteiger partial charge < -0.3 is 15.5 Å². The Morgan fingerprint density at radius 3 is 2.34 bits per heavy atom. The van der Waals surface area contributed by atoms with Gasteiger partial charge in [-0.3, -0.25) is 4.79 Å². The summed E-state index contributed by atoms with van der Waals surface area (Å²) in [6.45, 7) is 11.3. The minimum Gasteiger partial charge on any atom is -0.480 e. The molecule has 3 N–H and O–H groups in total. The van der Waals surface area contributed by atoms with Gasteiger partial charge in [-0.25, -0.2) is 4.79 Å². The van der Waals surface area contributed by atoms with E-state index in [0.717, 1.165) is 43.4 Å². The summed E-state index contributed by atoms with van der Waals surface area (Å²) in [5.74, 6) is 3.19. The van der Waals surface area contributed by atoms with E-state index in [0.29, 0.717) is 35.0 Å². The van der Waals surface area contributed by atoms with Gasteiger partial charge in [0.2, 0.25) is 5.91 Å². The van der Waals surface area contributed by atoms with Crippen LogP contribution in [0.2, 0.25) is 0 Å². The number of carboxylic acid groups (broad SMARTS) is 1. The summed E-state index contributed by atoms with van der Waals surface area (Å²) in [4.78, 5) is 24.2. The fraction of sp³-hybridized carbons (Fsp3) is 0.933. The van der Waals surface area contributed by atoms with Crippen molar-refractivity contribution in [1.82, 2.24) is 5.32 Å². The highest BCUT2D eigenvalue weighted by Crippen LogP contribution is 2.68. The van der Waals surface area contributed by atoms with Crippen molar-refractivity contribution in [2.45, 2.75) is 124 Å². The second-order valence-electron chi connectivity index (χ2n) is 13.6. The lowest BCUT2D eigenvalue weighted by Crippen LogP contribution is -2.54. The van der Waals surface area contributed by atoms with Crippen molar-refractivity contribution in [2.75, 3.05) is 0 Å². The summed E-state index contributed by atoms with van der Waals surface area (Å²) in [5.41, 5.74) is 0.788. The van der Waals surface area contributed by atoms with Crippen LogP contribution in [-0.4, -0.2) is 34.2 Å². The molecule has 5 nitrogen and oxygen atoms in total. The van der Waals surface area contributed by atoms with Crippen molar-refractivity contribution >= 4 is 11.9 Å². The number of hydrogen-bond acceptors (Lipinski definition) is 3. The summed E-state index contributed by atoms with van der Waals surface area (Å²) >= 11 is 0. The fourth-order valence-corrected chi connectivity index (χ4v) is 9.70. The lowest BCUT2D eigenvalue weighted by atomic mass is 9.44. The summed E-state index contributed by atoms with van der Waals surface area (Å²) in [6.07, 6.45) is 13.0. The van der Waals surface area contributed by atoms with E-state index in [-0.39, 0.29) is 17.9 Å². The van der Waals surface area contributed by atoms with Crippen LogP contribution in [0.3, 0.4) is 0 Å². The Bertz CT molecular complexity index is 784. The fourth-order valence-electron chi connectivity index (χ4n) is 9.70. The van der Waals surface area contributed by atoms with Gasteiger partial charge in [-0.15, -0.1) is 0 Å². The molecule has 0 aliphatic heterocycles. The Kier molecular flexibility index (Phi) is 7.96. The van der Waals surface area contributed by atoms with Gasteiger partial charge >= 0.3 is 5.97 Å². The molecule has 4 saturated carbocycles. The summed E-state index contributed by atoms with van der Waals surface area (Å²) in [5, 5.41) is 22.6. The van der Waals surface area contributed by atoms with Crippen molar-refractivity contribution in [3.05, 3.63) is 0 Å². The number of amides is 1. The Morgan fingerprint density at radius 1 is 0.971 bits per heavy atom. The number of rotatable bonds is 8. The van der Waals surface area contributed by atoms with Gasteiger partial charge in [0, 0.05) is 6.42 Å². The standard InChI is InChI=1S/C30H51NO4/c1-6-18(2)27(28(34)35)31-26(33)12-7-19(3)23-10-11-24-22-9-8-20-17-21(32)13-15-29(20,4)25(22)14-16-30(23,24)5/h18-25,27,32H,6-17H2,1-5H3,(H,31,33)(H,34,35)/t18-,19-,20-,21-,22+,23-,24+,25+,27+,29+,30-/m1/s1. The average molecular weight is 490 g/mol. The van der Waals surface area contributed by atoms with Gasteiger partial charge in [0.15, 0.2) is 0 Å². The molecule has 4 aliphatic rings. The molecular formula is C30H51NO4. The van der Waals surface area contributed by atoms with Gasteiger partial charge in [-0.1, -0.05) is 41.0 Å². The molecule has 4 rings (SSSR count). The minimum absolute atomic E-state index is 0.0667. The zero-order valence-electron chi connectivity index (χ0n) is 22.9. The maximum atomic E-state index is 12.6. The van der Waals surface area contributed by atoms with E-state index in [2.05, 4.69) is 26.1 Å². The topological polar surface area (TPSA) is 86.6 Å². The second-order valence-corrected chi connectivity index (χ2v) is 13.6. The molecule has 0 aromatic rings. The molecule has 0 bridgehead atoms. The van der Waals surface area contributed by atoms with Gasteiger partial charge in [0.05, 0.1) is 6.10 Å². The molecule has 11 atom stereocenters. The Labute approximate surface area is 213 Å².